The highest BCUT2D eigenvalue weighted by molar-refractivity contribution is 7.89. The second-order valence-corrected chi connectivity index (χ2v) is 18.8. The minimum absolute atomic E-state index is 0.00786. The first-order valence-corrected chi connectivity index (χ1v) is 23.2. The van der Waals surface area contributed by atoms with Gasteiger partial charge in [0.2, 0.25) is 10.0 Å². The van der Waals surface area contributed by atoms with Gasteiger partial charge in [0.15, 0.2) is 5.78 Å². The summed E-state index contributed by atoms with van der Waals surface area (Å²) >= 11 is 1.50. The van der Waals surface area contributed by atoms with Gasteiger partial charge in [-0.2, -0.15) is 4.31 Å². The topological polar surface area (TPSA) is 139 Å². The molecule has 0 radical (unpaired) electrons. The second kappa shape index (κ2) is 21.7. The van der Waals surface area contributed by atoms with Crippen molar-refractivity contribution in [1.29, 1.82) is 0 Å². The summed E-state index contributed by atoms with van der Waals surface area (Å²) in [5, 5.41) is 3.07. The monoisotopic (exact) mass is 857 g/mol. The number of carbonyl (C=O) groups excluding carboxylic acids is 4. The molecular weight excluding hydrogens is 799 g/mol. The number of methoxy groups -OCH3 is 1. The molecule has 0 unspecified atom stereocenters. The normalized spacial score (nSPS) is 12.8. The molecule has 1 heterocycles. The lowest BCUT2D eigenvalue weighted by molar-refractivity contribution is -0.143. The number of fused-ring (bicyclic) bond motifs is 1. The summed E-state index contributed by atoms with van der Waals surface area (Å²) in [6.07, 6.45) is 5.50. The molecular formula is C47H59N3O8S2. The molecule has 1 N–H and O–H groups in total. The molecule has 0 spiro atoms. The van der Waals surface area contributed by atoms with E-state index in [9.17, 15) is 27.6 Å². The van der Waals surface area contributed by atoms with Crippen LogP contribution in [-0.2, 0) is 56.4 Å². The number of amides is 1. The lowest BCUT2D eigenvalue weighted by atomic mass is 9.93. The van der Waals surface area contributed by atoms with E-state index >= 15 is 0 Å². The number of anilines is 1. The number of thiophene rings is 1. The Bertz CT molecular complexity index is 2210. The summed E-state index contributed by atoms with van der Waals surface area (Å²) in [5.74, 6) is -1.27. The Morgan fingerprint density at radius 2 is 1.47 bits per heavy atom. The van der Waals surface area contributed by atoms with E-state index in [0.29, 0.717) is 34.7 Å². The maximum absolute atomic E-state index is 14.2. The van der Waals surface area contributed by atoms with Crippen molar-refractivity contribution < 1.29 is 37.1 Å². The van der Waals surface area contributed by atoms with Gasteiger partial charge in [-0.1, -0.05) is 36.4 Å². The SMILES string of the molecule is CCOC(=O)CCCN(CCN(C(C)C)C(C)C)S(=O)(=O)c1cccc(C(=O)Cc2sc3c(c2C(=O)Nc2ccc(CCc4ccc(C(=O)OC)cc4)cc2)CCCC3)c1. The number of aryl methyl sites for hydroxylation is 3. The number of rotatable bonds is 21. The minimum Gasteiger partial charge on any atom is -0.466 e. The zero-order valence-corrected chi connectivity index (χ0v) is 37.4. The van der Waals surface area contributed by atoms with E-state index in [-0.39, 0.29) is 78.7 Å². The van der Waals surface area contributed by atoms with Gasteiger partial charge in [-0.25, -0.2) is 13.2 Å². The van der Waals surface area contributed by atoms with Crippen LogP contribution in [0, 0.1) is 0 Å². The lowest BCUT2D eigenvalue weighted by Gasteiger charge is -2.33. The van der Waals surface area contributed by atoms with E-state index < -0.39 is 10.0 Å². The van der Waals surface area contributed by atoms with Crippen LogP contribution in [0.4, 0.5) is 5.69 Å². The van der Waals surface area contributed by atoms with Gasteiger partial charge < -0.3 is 14.8 Å². The number of nitrogens with one attached hydrogen (secondary N) is 1. The number of carbonyl (C=O) groups is 4. The number of ketones is 1. The number of nitrogens with zero attached hydrogens (tertiary/aromatic N) is 2. The molecule has 322 valence electrons. The number of esters is 2. The molecule has 60 heavy (non-hydrogen) atoms. The van der Waals surface area contributed by atoms with Gasteiger partial charge in [-0.15, -0.1) is 11.3 Å². The average molecular weight is 858 g/mol. The Balaban J connectivity index is 1.30. The van der Waals surface area contributed by atoms with Gasteiger partial charge in [0, 0.05) is 65.6 Å². The molecule has 0 fully saturated rings. The molecule has 1 aromatic heterocycles. The molecule has 0 saturated heterocycles. The van der Waals surface area contributed by atoms with Crippen LogP contribution in [0.3, 0.4) is 0 Å². The van der Waals surface area contributed by atoms with E-state index in [2.05, 4.69) is 37.9 Å². The summed E-state index contributed by atoms with van der Waals surface area (Å²) < 4.78 is 39.8. The molecule has 5 rings (SSSR count). The van der Waals surface area contributed by atoms with Crippen LogP contribution in [-0.4, -0.2) is 86.7 Å². The van der Waals surface area contributed by atoms with Crippen molar-refractivity contribution in [3.05, 3.63) is 116 Å². The third kappa shape index (κ3) is 12.2. The first-order chi connectivity index (χ1) is 28.7. The Kier molecular flexibility index (Phi) is 16.8. The van der Waals surface area contributed by atoms with Crippen molar-refractivity contribution in [3.8, 4) is 0 Å². The molecule has 0 saturated carbocycles. The van der Waals surface area contributed by atoms with Gasteiger partial charge in [-0.3, -0.25) is 19.3 Å². The largest absolute Gasteiger partial charge is 0.466 e. The van der Waals surface area contributed by atoms with Gasteiger partial charge in [0.1, 0.15) is 0 Å². The standard InChI is InChI=1S/C47H59N3O8S2/c1-7-58-44(52)16-11-27-49(28-29-50(32(2)3)33(4)5)60(55,56)39-13-10-12-37(30-39)41(51)31-43-45(40-14-8-9-15-42(40)59-43)46(53)48-38-25-21-35(22-26-38)18-17-34-19-23-36(24-20-34)47(54)57-6/h10,12-13,19-26,30,32-33H,7-9,11,14-18,27-29,31H2,1-6H3,(H,48,53). The molecule has 0 atom stereocenters. The van der Waals surface area contributed by atoms with Crippen LogP contribution in [0.1, 0.15) is 118 Å². The first kappa shape index (κ1) is 46.4. The van der Waals surface area contributed by atoms with Crippen LogP contribution in [0.15, 0.2) is 77.7 Å². The first-order valence-electron chi connectivity index (χ1n) is 21.0. The van der Waals surface area contributed by atoms with E-state index in [1.54, 1.807) is 31.2 Å². The van der Waals surface area contributed by atoms with Crippen LogP contribution in [0.2, 0.25) is 0 Å². The quantitative estimate of drug-likeness (QED) is 0.0648. The highest BCUT2D eigenvalue weighted by atomic mass is 32.2. The fourth-order valence-corrected chi connectivity index (χ4v) is 10.6. The van der Waals surface area contributed by atoms with E-state index in [1.165, 1.54) is 34.9 Å². The zero-order chi connectivity index (χ0) is 43.4. The third-order valence-corrected chi connectivity index (χ3v) is 14.1. The summed E-state index contributed by atoms with van der Waals surface area (Å²) in [5.41, 5.74) is 5.14. The Morgan fingerprint density at radius 3 is 2.10 bits per heavy atom. The van der Waals surface area contributed by atoms with Crippen molar-refractivity contribution >= 4 is 50.7 Å². The van der Waals surface area contributed by atoms with Crippen molar-refractivity contribution in [3.63, 3.8) is 0 Å². The summed E-state index contributed by atoms with van der Waals surface area (Å²) in [6.45, 7) is 11.1. The molecule has 3 aromatic carbocycles. The predicted octanol–water partition coefficient (Wildman–Crippen LogP) is 8.33. The van der Waals surface area contributed by atoms with Crippen LogP contribution >= 0.6 is 11.3 Å². The number of benzene rings is 3. The van der Waals surface area contributed by atoms with Crippen molar-refractivity contribution in [2.45, 2.75) is 109 Å². The number of ether oxygens (including phenoxy) is 2. The molecule has 1 aliphatic rings. The van der Waals surface area contributed by atoms with Gasteiger partial charge in [0.25, 0.3) is 5.91 Å². The van der Waals surface area contributed by atoms with Gasteiger partial charge >= 0.3 is 11.9 Å². The number of Topliss-reactive ketones (excluding diaryl/α,β-unsaturated/α-hetero) is 1. The van der Waals surface area contributed by atoms with Crippen LogP contribution < -0.4 is 5.32 Å². The number of hydrogen-bond donors (Lipinski definition) is 1. The van der Waals surface area contributed by atoms with Crippen molar-refractivity contribution in [1.82, 2.24) is 9.21 Å². The molecule has 11 nitrogen and oxygen atoms in total. The fraction of sp³-hybridized carbons (Fsp3) is 0.447. The predicted molar refractivity (Wildman–Crippen MR) is 237 cm³/mol. The third-order valence-electron chi connectivity index (χ3n) is 10.9. The van der Waals surface area contributed by atoms with Gasteiger partial charge in [0.05, 0.1) is 29.7 Å². The Hall–Kier alpha value is -4.69. The molecule has 0 aliphatic heterocycles. The highest BCUT2D eigenvalue weighted by Gasteiger charge is 2.29. The Morgan fingerprint density at radius 1 is 0.817 bits per heavy atom. The maximum atomic E-state index is 14.2. The van der Waals surface area contributed by atoms with E-state index in [1.807, 2.05) is 36.4 Å². The number of hydrogen-bond acceptors (Lipinski definition) is 10. The second-order valence-electron chi connectivity index (χ2n) is 15.7. The fourth-order valence-electron chi connectivity index (χ4n) is 7.72. The summed E-state index contributed by atoms with van der Waals surface area (Å²) in [6, 6.07) is 21.7. The minimum atomic E-state index is -4.05. The molecule has 4 aromatic rings. The number of sulfonamides is 1. The summed E-state index contributed by atoms with van der Waals surface area (Å²) in [7, 11) is -2.69. The highest BCUT2D eigenvalue weighted by Crippen LogP contribution is 2.36. The van der Waals surface area contributed by atoms with Crippen molar-refractivity contribution in [2.75, 3.05) is 38.7 Å². The van der Waals surface area contributed by atoms with Gasteiger partial charge in [-0.05, 0) is 133 Å². The zero-order valence-electron chi connectivity index (χ0n) is 35.8. The smallest absolute Gasteiger partial charge is 0.337 e. The molecule has 1 aliphatic carbocycles. The maximum Gasteiger partial charge on any atom is 0.337 e. The summed E-state index contributed by atoms with van der Waals surface area (Å²) in [4.78, 5) is 56.0. The lowest BCUT2D eigenvalue weighted by Crippen LogP contribution is -2.44. The van der Waals surface area contributed by atoms with Crippen LogP contribution in [0.25, 0.3) is 0 Å². The molecule has 0 bridgehead atoms. The van der Waals surface area contributed by atoms with Crippen molar-refractivity contribution in [2.24, 2.45) is 0 Å². The molecule has 13 heteroatoms. The average Bonchev–Trinajstić information content (AvgIpc) is 3.60. The van der Waals surface area contributed by atoms with E-state index in [4.69, 9.17) is 9.47 Å². The molecule has 1 amide bonds. The van der Waals surface area contributed by atoms with Crippen LogP contribution in [0.5, 0.6) is 0 Å². The van der Waals surface area contributed by atoms with E-state index in [0.717, 1.165) is 60.1 Å². The Labute approximate surface area is 359 Å².